The van der Waals surface area contributed by atoms with Gasteiger partial charge in [-0.2, -0.15) is 17.5 Å². The summed E-state index contributed by atoms with van der Waals surface area (Å²) in [7, 11) is 2.92. The summed E-state index contributed by atoms with van der Waals surface area (Å²) in [4.78, 5) is 21.3. The topological polar surface area (TPSA) is 93.4 Å². The van der Waals surface area contributed by atoms with E-state index in [1.54, 1.807) is 18.2 Å². The molecule has 0 unspecified atom stereocenters. The first kappa shape index (κ1) is 29.6. The molecule has 3 aromatic heterocycles. The van der Waals surface area contributed by atoms with Gasteiger partial charge in [-0.05, 0) is 35.6 Å². The van der Waals surface area contributed by atoms with Crippen LogP contribution in [0, 0.1) is 0 Å². The van der Waals surface area contributed by atoms with E-state index in [2.05, 4.69) is 14.3 Å². The Bertz CT molecular complexity index is 1530. The van der Waals surface area contributed by atoms with Crippen molar-refractivity contribution in [1.29, 1.82) is 0 Å². The van der Waals surface area contributed by atoms with E-state index in [0.717, 1.165) is 11.1 Å². The van der Waals surface area contributed by atoms with E-state index >= 15 is 0 Å². The van der Waals surface area contributed by atoms with Crippen molar-refractivity contribution in [2.24, 2.45) is 7.05 Å². The molecule has 0 bridgehead atoms. The Morgan fingerprint density at radius 3 is 2.45 bits per heavy atom. The molecule has 3 heterocycles. The fourth-order valence-electron chi connectivity index (χ4n) is 4.10. The summed E-state index contributed by atoms with van der Waals surface area (Å²) < 4.78 is 53.9. The molecule has 40 heavy (non-hydrogen) atoms. The Hall–Kier alpha value is -3.35. The number of hydrogen-bond donors (Lipinski definition) is 1. The highest BCUT2D eigenvalue weighted by molar-refractivity contribution is 7.06. The zero-order valence-electron chi connectivity index (χ0n) is 21.8. The predicted molar refractivity (Wildman–Crippen MR) is 148 cm³/mol. The van der Waals surface area contributed by atoms with Crippen molar-refractivity contribution in [3.63, 3.8) is 0 Å². The molecule has 0 radical (unpaired) electrons. The molecule has 4 rings (SSSR count). The van der Waals surface area contributed by atoms with Crippen LogP contribution in [0.25, 0.3) is 11.3 Å². The number of anilines is 1. The van der Waals surface area contributed by atoms with Crippen LogP contribution in [0.1, 0.15) is 52.2 Å². The van der Waals surface area contributed by atoms with Crippen molar-refractivity contribution in [3.8, 4) is 17.1 Å². The molecular weight excluding hydrogens is 590 g/mol. The van der Waals surface area contributed by atoms with Crippen LogP contribution in [0.2, 0.25) is 10.0 Å². The first-order valence-corrected chi connectivity index (χ1v) is 13.4. The number of benzene rings is 1. The molecule has 1 N–H and O–H groups in total. The number of aromatic nitrogens is 4. The van der Waals surface area contributed by atoms with Crippen molar-refractivity contribution in [1.82, 2.24) is 18.9 Å². The standard InChI is InChI=1S/C26H24Cl2F3N5O3S/c1-13(2)23-14(22(34-40-23)21-15(27)6-5-7-16(21)28)12-39-20-9-8-17(24(33-20)26(29,30)31)35(3)11-19-32-10-18(25(37)38)36(19)4/h5-10,13H,11-12H2,1-4H3,(H,37,38). The van der Waals surface area contributed by atoms with E-state index in [1.807, 2.05) is 13.8 Å². The Morgan fingerprint density at radius 1 is 1.20 bits per heavy atom. The molecule has 1 aromatic carbocycles. The summed E-state index contributed by atoms with van der Waals surface area (Å²) in [6.45, 7) is 3.75. The fraction of sp³-hybridized carbons (Fsp3) is 0.308. The minimum absolute atomic E-state index is 0.0635. The fourth-order valence-corrected chi connectivity index (χ4v) is 5.55. The van der Waals surface area contributed by atoms with Crippen LogP contribution in [-0.2, 0) is 26.4 Å². The quantitative estimate of drug-likeness (QED) is 0.212. The second kappa shape index (κ2) is 11.6. The van der Waals surface area contributed by atoms with Gasteiger partial charge in [-0.15, -0.1) is 0 Å². The maximum atomic E-state index is 14.1. The van der Waals surface area contributed by atoms with Crippen LogP contribution in [0.3, 0.4) is 0 Å². The van der Waals surface area contributed by atoms with Crippen molar-refractivity contribution in [2.45, 2.75) is 39.1 Å². The van der Waals surface area contributed by atoms with Gasteiger partial charge in [0.25, 0.3) is 0 Å². The Balaban J connectivity index is 1.64. The number of hydrogen-bond acceptors (Lipinski definition) is 7. The Labute approximate surface area is 242 Å². The first-order chi connectivity index (χ1) is 18.8. The average molecular weight is 614 g/mol. The van der Waals surface area contributed by atoms with E-state index in [-0.39, 0.29) is 42.2 Å². The average Bonchev–Trinajstić information content (AvgIpc) is 3.45. The third-order valence-corrected chi connectivity index (χ3v) is 7.94. The van der Waals surface area contributed by atoms with E-state index in [1.165, 1.54) is 47.2 Å². The smallest absolute Gasteiger partial charge is 0.435 e. The van der Waals surface area contributed by atoms with E-state index in [0.29, 0.717) is 26.9 Å². The minimum atomic E-state index is -4.79. The Kier molecular flexibility index (Phi) is 8.62. The lowest BCUT2D eigenvalue weighted by molar-refractivity contribution is -0.140. The van der Waals surface area contributed by atoms with Crippen LogP contribution in [0.4, 0.5) is 18.9 Å². The van der Waals surface area contributed by atoms with Gasteiger partial charge in [0, 0.05) is 36.2 Å². The number of nitrogens with zero attached hydrogens (tertiary/aromatic N) is 5. The highest BCUT2D eigenvalue weighted by atomic mass is 35.5. The number of carboxylic acids is 1. The second-order valence-electron chi connectivity index (χ2n) is 9.21. The number of imidazole rings is 1. The normalized spacial score (nSPS) is 11.8. The Morgan fingerprint density at radius 2 is 1.88 bits per heavy atom. The first-order valence-electron chi connectivity index (χ1n) is 11.9. The number of aromatic carboxylic acids is 1. The molecule has 14 heteroatoms. The van der Waals surface area contributed by atoms with E-state index in [4.69, 9.17) is 27.9 Å². The van der Waals surface area contributed by atoms with Gasteiger partial charge in [-0.3, -0.25) is 0 Å². The van der Waals surface area contributed by atoms with Gasteiger partial charge in [0.05, 0.1) is 34.2 Å². The lowest BCUT2D eigenvalue weighted by Gasteiger charge is -2.23. The summed E-state index contributed by atoms with van der Waals surface area (Å²) in [5, 5.41) is 10.0. The molecule has 0 fully saturated rings. The molecular formula is C26H24Cl2F3N5O3S. The highest BCUT2D eigenvalue weighted by Gasteiger charge is 2.37. The molecule has 0 spiro atoms. The lowest BCUT2D eigenvalue weighted by atomic mass is 10.0. The molecule has 0 aliphatic heterocycles. The third kappa shape index (κ3) is 6.03. The molecule has 4 aromatic rings. The van der Waals surface area contributed by atoms with Gasteiger partial charge < -0.3 is 19.3 Å². The molecule has 0 amide bonds. The van der Waals surface area contributed by atoms with Gasteiger partial charge in [0.1, 0.15) is 18.1 Å². The SMILES string of the molecule is CC(C)c1snc(-c2c(Cl)cccc2Cl)c1COc1ccc(N(C)Cc2ncc(C(=O)O)n2C)c(C(F)(F)F)n1. The van der Waals surface area contributed by atoms with Gasteiger partial charge in [0.2, 0.25) is 5.88 Å². The van der Waals surface area contributed by atoms with Crippen molar-refractivity contribution < 1.29 is 27.8 Å². The molecule has 0 atom stereocenters. The summed E-state index contributed by atoms with van der Waals surface area (Å²) >= 11 is 14.1. The molecule has 8 nitrogen and oxygen atoms in total. The maximum Gasteiger partial charge on any atom is 0.435 e. The summed E-state index contributed by atoms with van der Waals surface area (Å²) in [6.07, 6.45) is -3.64. The number of rotatable bonds is 9. The van der Waals surface area contributed by atoms with Crippen LogP contribution in [-0.4, -0.2) is 37.0 Å². The summed E-state index contributed by atoms with van der Waals surface area (Å²) in [5.41, 5.74) is 0.241. The van der Waals surface area contributed by atoms with Crippen LogP contribution in [0.15, 0.2) is 36.5 Å². The number of alkyl halides is 3. The van der Waals surface area contributed by atoms with Crippen molar-refractivity contribution in [2.75, 3.05) is 11.9 Å². The molecule has 0 saturated heterocycles. The zero-order valence-corrected chi connectivity index (χ0v) is 24.1. The largest absolute Gasteiger partial charge is 0.477 e. The lowest BCUT2D eigenvalue weighted by Crippen LogP contribution is -2.24. The highest BCUT2D eigenvalue weighted by Crippen LogP contribution is 2.41. The van der Waals surface area contributed by atoms with Gasteiger partial charge in [0.15, 0.2) is 5.69 Å². The maximum absolute atomic E-state index is 14.1. The van der Waals surface area contributed by atoms with Crippen LogP contribution < -0.4 is 9.64 Å². The number of pyridine rings is 1. The number of carbonyl (C=O) groups is 1. The summed E-state index contributed by atoms with van der Waals surface area (Å²) in [5.74, 6) is -1.09. The summed E-state index contributed by atoms with van der Waals surface area (Å²) in [6, 6.07) is 7.68. The third-order valence-electron chi connectivity index (χ3n) is 6.12. The monoisotopic (exact) mass is 613 g/mol. The van der Waals surface area contributed by atoms with Gasteiger partial charge in [-0.25, -0.2) is 14.8 Å². The van der Waals surface area contributed by atoms with Crippen LogP contribution in [0.5, 0.6) is 5.88 Å². The molecule has 0 aliphatic carbocycles. The van der Waals surface area contributed by atoms with Gasteiger partial charge in [-0.1, -0.05) is 43.1 Å². The predicted octanol–water partition coefficient (Wildman–Crippen LogP) is 7.30. The van der Waals surface area contributed by atoms with Crippen LogP contribution >= 0.6 is 34.7 Å². The number of halogens is 5. The van der Waals surface area contributed by atoms with Crippen molar-refractivity contribution >= 4 is 46.4 Å². The number of ether oxygens (including phenoxy) is 1. The van der Waals surface area contributed by atoms with E-state index < -0.39 is 17.8 Å². The number of carboxylic acid groups (broad SMARTS) is 1. The molecule has 0 saturated carbocycles. The van der Waals surface area contributed by atoms with Crippen molar-refractivity contribution in [3.05, 3.63) is 74.2 Å². The molecule has 212 valence electrons. The molecule has 0 aliphatic rings. The second-order valence-corrected chi connectivity index (χ2v) is 10.8. The van der Waals surface area contributed by atoms with E-state index in [9.17, 15) is 23.1 Å². The zero-order chi connectivity index (χ0) is 29.4. The minimum Gasteiger partial charge on any atom is -0.477 e. The van der Waals surface area contributed by atoms with Gasteiger partial charge >= 0.3 is 12.1 Å².